The van der Waals surface area contributed by atoms with Crippen molar-refractivity contribution in [3.8, 4) is 0 Å². The molecule has 2 N–H and O–H groups in total. The third kappa shape index (κ3) is 2.40. The number of imidazole rings is 1. The van der Waals surface area contributed by atoms with E-state index in [0.717, 1.165) is 43.5 Å². The van der Waals surface area contributed by atoms with Crippen molar-refractivity contribution in [3.63, 3.8) is 0 Å². The summed E-state index contributed by atoms with van der Waals surface area (Å²) in [4.78, 5) is 4.81. The van der Waals surface area contributed by atoms with E-state index in [-0.39, 0.29) is 0 Å². The van der Waals surface area contributed by atoms with Crippen LogP contribution in [-0.2, 0) is 11.2 Å². The van der Waals surface area contributed by atoms with Crippen LogP contribution in [0.2, 0.25) is 0 Å². The second-order valence-electron chi connectivity index (χ2n) is 5.76. The second-order valence-corrected chi connectivity index (χ2v) is 5.76. The highest BCUT2D eigenvalue weighted by molar-refractivity contribution is 5.79. The summed E-state index contributed by atoms with van der Waals surface area (Å²) in [6.07, 6.45) is 4.58. The van der Waals surface area contributed by atoms with Crippen LogP contribution < -0.4 is 5.73 Å². The Morgan fingerprint density at radius 3 is 3.05 bits per heavy atom. The third-order valence-electron chi connectivity index (χ3n) is 4.08. The molecular weight excluding hydrogens is 250 g/mol. The van der Waals surface area contributed by atoms with E-state index in [0.29, 0.717) is 12.1 Å². The van der Waals surface area contributed by atoms with Crippen LogP contribution >= 0.6 is 0 Å². The minimum Gasteiger partial charge on any atom is -0.399 e. The molecule has 4 nitrogen and oxygen atoms in total. The van der Waals surface area contributed by atoms with Crippen molar-refractivity contribution in [2.75, 3.05) is 12.3 Å². The first-order valence-corrected chi connectivity index (χ1v) is 7.57. The van der Waals surface area contributed by atoms with E-state index in [1.165, 1.54) is 11.3 Å². The van der Waals surface area contributed by atoms with Crippen LogP contribution in [0, 0.1) is 0 Å². The molecule has 1 saturated heterocycles. The van der Waals surface area contributed by atoms with Crippen molar-refractivity contribution in [2.24, 2.45) is 0 Å². The molecular formula is C16H23N3O. The fourth-order valence-electron chi connectivity index (χ4n) is 3.18. The molecule has 1 aliphatic rings. The maximum absolute atomic E-state index is 5.89. The normalized spacial score (nSPS) is 23.3. The number of hydrogen-bond acceptors (Lipinski definition) is 3. The number of anilines is 1. The van der Waals surface area contributed by atoms with Crippen molar-refractivity contribution in [2.45, 2.75) is 51.7 Å². The summed E-state index contributed by atoms with van der Waals surface area (Å²) in [5.74, 6) is 1.19. The molecule has 0 bridgehead atoms. The van der Waals surface area contributed by atoms with Crippen molar-refractivity contribution < 1.29 is 4.74 Å². The molecule has 0 amide bonds. The van der Waals surface area contributed by atoms with Gasteiger partial charge in [-0.15, -0.1) is 0 Å². The Kier molecular flexibility index (Phi) is 3.66. The molecule has 20 heavy (non-hydrogen) atoms. The monoisotopic (exact) mass is 273 g/mol. The lowest BCUT2D eigenvalue weighted by atomic mass is 10.0. The van der Waals surface area contributed by atoms with E-state index in [9.17, 15) is 0 Å². The zero-order valence-electron chi connectivity index (χ0n) is 12.3. The number of ether oxygens (including phenoxy) is 1. The predicted molar refractivity (Wildman–Crippen MR) is 81.8 cm³/mol. The lowest BCUT2D eigenvalue weighted by Gasteiger charge is -2.30. The largest absolute Gasteiger partial charge is 0.399 e. The minimum atomic E-state index is 0.328. The lowest BCUT2D eigenvalue weighted by molar-refractivity contribution is 0.00622. The Bertz CT molecular complexity index is 605. The van der Waals surface area contributed by atoms with E-state index < -0.39 is 0 Å². The van der Waals surface area contributed by atoms with Crippen LogP contribution in [0.25, 0.3) is 11.0 Å². The van der Waals surface area contributed by atoms with Gasteiger partial charge in [0.15, 0.2) is 0 Å². The van der Waals surface area contributed by atoms with Crippen molar-refractivity contribution in [3.05, 3.63) is 24.0 Å². The van der Waals surface area contributed by atoms with E-state index in [1.54, 1.807) is 0 Å². The molecule has 1 fully saturated rings. The van der Waals surface area contributed by atoms with Crippen LogP contribution in [0.3, 0.4) is 0 Å². The van der Waals surface area contributed by atoms with Crippen LogP contribution in [0.4, 0.5) is 5.69 Å². The number of fused-ring (bicyclic) bond motifs is 1. The average molecular weight is 273 g/mol. The molecule has 1 aromatic carbocycles. The van der Waals surface area contributed by atoms with Gasteiger partial charge in [0.05, 0.1) is 17.1 Å². The van der Waals surface area contributed by atoms with Crippen LogP contribution in [-0.4, -0.2) is 22.3 Å². The van der Waals surface area contributed by atoms with Gasteiger partial charge in [-0.2, -0.15) is 0 Å². The SMILES string of the molecule is CCCc1nc2cc(N)ccc2n1C1CCOC(C)C1. The van der Waals surface area contributed by atoms with Gasteiger partial charge in [0.1, 0.15) is 5.82 Å². The van der Waals surface area contributed by atoms with Gasteiger partial charge in [0.2, 0.25) is 0 Å². The maximum Gasteiger partial charge on any atom is 0.110 e. The topological polar surface area (TPSA) is 53.1 Å². The molecule has 2 aromatic rings. The second kappa shape index (κ2) is 5.44. The van der Waals surface area contributed by atoms with Crippen molar-refractivity contribution in [1.29, 1.82) is 0 Å². The van der Waals surface area contributed by atoms with Crippen LogP contribution in [0.15, 0.2) is 18.2 Å². The first kappa shape index (κ1) is 13.4. The first-order valence-electron chi connectivity index (χ1n) is 7.57. The molecule has 0 spiro atoms. The first-order chi connectivity index (χ1) is 9.69. The molecule has 1 aromatic heterocycles. The average Bonchev–Trinajstić information content (AvgIpc) is 2.76. The fraction of sp³-hybridized carbons (Fsp3) is 0.562. The highest BCUT2D eigenvalue weighted by atomic mass is 16.5. The summed E-state index contributed by atoms with van der Waals surface area (Å²) in [5.41, 5.74) is 8.90. The minimum absolute atomic E-state index is 0.328. The molecule has 0 radical (unpaired) electrons. The van der Waals surface area contributed by atoms with Gasteiger partial charge in [-0.1, -0.05) is 6.92 Å². The molecule has 4 heteroatoms. The summed E-state index contributed by atoms with van der Waals surface area (Å²) in [6, 6.07) is 6.55. The quantitative estimate of drug-likeness (QED) is 0.873. The fourth-order valence-corrected chi connectivity index (χ4v) is 3.18. The van der Waals surface area contributed by atoms with E-state index in [1.807, 2.05) is 12.1 Å². The Hall–Kier alpha value is -1.55. The number of rotatable bonds is 3. The van der Waals surface area contributed by atoms with E-state index >= 15 is 0 Å². The Morgan fingerprint density at radius 2 is 2.30 bits per heavy atom. The Labute approximate surface area is 119 Å². The summed E-state index contributed by atoms with van der Waals surface area (Å²) < 4.78 is 8.11. The molecule has 1 aliphatic heterocycles. The summed E-state index contributed by atoms with van der Waals surface area (Å²) in [7, 11) is 0. The number of nitrogen functional groups attached to an aromatic ring is 1. The van der Waals surface area contributed by atoms with Crippen LogP contribution in [0.5, 0.6) is 0 Å². The number of benzene rings is 1. The molecule has 108 valence electrons. The number of nitrogens with two attached hydrogens (primary N) is 1. The number of nitrogens with zero attached hydrogens (tertiary/aromatic N) is 2. The van der Waals surface area contributed by atoms with E-state index in [4.69, 9.17) is 15.5 Å². The number of hydrogen-bond donors (Lipinski definition) is 1. The van der Waals surface area contributed by atoms with Gasteiger partial charge in [-0.05, 0) is 44.4 Å². The summed E-state index contributed by atoms with van der Waals surface area (Å²) in [5, 5.41) is 0. The smallest absolute Gasteiger partial charge is 0.110 e. The summed E-state index contributed by atoms with van der Waals surface area (Å²) in [6.45, 7) is 5.19. The molecule has 0 saturated carbocycles. The molecule has 2 heterocycles. The van der Waals surface area contributed by atoms with Gasteiger partial charge in [0, 0.05) is 24.8 Å². The van der Waals surface area contributed by atoms with Crippen molar-refractivity contribution >= 4 is 16.7 Å². The lowest BCUT2D eigenvalue weighted by Crippen LogP contribution is -2.26. The van der Waals surface area contributed by atoms with Gasteiger partial charge in [-0.25, -0.2) is 4.98 Å². The predicted octanol–water partition coefficient (Wildman–Crippen LogP) is 3.31. The molecule has 2 unspecified atom stereocenters. The highest BCUT2D eigenvalue weighted by Crippen LogP contribution is 2.31. The van der Waals surface area contributed by atoms with Gasteiger partial charge in [0.25, 0.3) is 0 Å². The number of aryl methyl sites for hydroxylation is 1. The van der Waals surface area contributed by atoms with Crippen LogP contribution in [0.1, 0.15) is 45.0 Å². The number of aromatic nitrogens is 2. The molecule has 3 rings (SSSR count). The maximum atomic E-state index is 5.89. The Balaban J connectivity index is 2.08. The zero-order chi connectivity index (χ0) is 14.1. The summed E-state index contributed by atoms with van der Waals surface area (Å²) >= 11 is 0. The standard InChI is InChI=1S/C16H23N3O/c1-3-4-16-18-14-10-12(17)5-6-15(14)19(16)13-7-8-20-11(2)9-13/h5-6,10-11,13H,3-4,7-9,17H2,1-2H3. The zero-order valence-corrected chi connectivity index (χ0v) is 12.3. The highest BCUT2D eigenvalue weighted by Gasteiger charge is 2.24. The Morgan fingerprint density at radius 1 is 1.45 bits per heavy atom. The van der Waals surface area contributed by atoms with Crippen molar-refractivity contribution in [1.82, 2.24) is 9.55 Å². The molecule has 2 atom stereocenters. The third-order valence-corrected chi connectivity index (χ3v) is 4.08. The van der Waals surface area contributed by atoms with Gasteiger partial charge in [-0.3, -0.25) is 0 Å². The van der Waals surface area contributed by atoms with E-state index in [2.05, 4.69) is 24.5 Å². The van der Waals surface area contributed by atoms with Gasteiger partial charge >= 0.3 is 0 Å². The van der Waals surface area contributed by atoms with Gasteiger partial charge < -0.3 is 15.0 Å². The molecule has 0 aliphatic carbocycles.